The van der Waals surface area contributed by atoms with E-state index < -0.39 is 5.54 Å². The number of hydrogen-bond acceptors (Lipinski definition) is 4. The van der Waals surface area contributed by atoms with E-state index in [4.69, 9.17) is 21.1 Å². The molecule has 1 saturated heterocycles. The molecular weight excluding hydrogens is 352 g/mol. The van der Waals surface area contributed by atoms with Crippen LogP contribution in [0.4, 0.5) is 0 Å². The number of carbonyl (C=O) groups is 1. The Bertz CT molecular complexity index is 842. The molecule has 136 valence electrons. The summed E-state index contributed by atoms with van der Waals surface area (Å²) < 4.78 is 10.7. The van der Waals surface area contributed by atoms with Crippen LogP contribution in [0, 0.1) is 0 Å². The standard InChI is InChI=1S/C20H21ClN2O3/c1-20(8-9-23(20)12-15-4-2-3-5-16(15)21)19(24)22-11-14-6-7-17-18(10-14)26-13-25-17/h2-7,10H,8-9,11-13H2,1H3,(H,22,24). The summed E-state index contributed by atoms with van der Waals surface area (Å²) in [6.07, 6.45) is 0.838. The van der Waals surface area contributed by atoms with Gasteiger partial charge in [0.1, 0.15) is 0 Å². The van der Waals surface area contributed by atoms with Crippen LogP contribution >= 0.6 is 11.6 Å². The highest BCUT2D eigenvalue weighted by Gasteiger charge is 2.46. The van der Waals surface area contributed by atoms with Gasteiger partial charge in [0.2, 0.25) is 12.7 Å². The zero-order valence-corrected chi connectivity index (χ0v) is 15.4. The predicted molar refractivity (Wildman–Crippen MR) is 99.3 cm³/mol. The van der Waals surface area contributed by atoms with Gasteiger partial charge in [0.05, 0.1) is 5.54 Å². The summed E-state index contributed by atoms with van der Waals surface area (Å²) >= 11 is 6.26. The zero-order chi connectivity index (χ0) is 18.1. The molecule has 2 aliphatic rings. The average molecular weight is 373 g/mol. The third-order valence-electron chi connectivity index (χ3n) is 5.26. The van der Waals surface area contributed by atoms with E-state index in [0.717, 1.165) is 40.6 Å². The van der Waals surface area contributed by atoms with E-state index in [1.807, 2.05) is 49.4 Å². The second kappa shape index (κ2) is 6.82. The lowest BCUT2D eigenvalue weighted by Crippen LogP contribution is -2.65. The maximum atomic E-state index is 12.8. The van der Waals surface area contributed by atoms with E-state index in [2.05, 4.69) is 10.2 Å². The van der Waals surface area contributed by atoms with E-state index in [9.17, 15) is 4.79 Å². The third-order valence-corrected chi connectivity index (χ3v) is 5.63. The van der Waals surface area contributed by atoms with Crippen molar-refractivity contribution in [1.29, 1.82) is 0 Å². The molecule has 2 aromatic rings. The summed E-state index contributed by atoms with van der Waals surface area (Å²) in [7, 11) is 0. The lowest BCUT2D eigenvalue weighted by Gasteiger charge is -2.49. The monoisotopic (exact) mass is 372 g/mol. The van der Waals surface area contributed by atoms with Crippen molar-refractivity contribution in [1.82, 2.24) is 10.2 Å². The molecule has 0 bridgehead atoms. The molecule has 4 rings (SSSR count). The Morgan fingerprint density at radius 2 is 2.04 bits per heavy atom. The topological polar surface area (TPSA) is 50.8 Å². The van der Waals surface area contributed by atoms with Gasteiger partial charge in [0.15, 0.2) is 11.5 Å². The molecule has 2 aliphatic heterocycles. The minimum Gasteiger partial charge on any atom is -0.454 e. The molecule has 6 heteroatoms. The summed E-state index contributed by atoms with van der Waals surface area (Å²) in [4.78, 5) is 15.0. The zero-order valence-electron chi connectivity index (χ0n) is 14.6. The number of ether oxygens (including phenoxy) is 2. The molecular formula is C20H21ClN2O3. The molecule has 0 aromatic heterocycles. The summed E-state index contributed by atoms with van der Waals surface area (Å²) in [5.74, 6) is 1.51. The normalized spacial score (nSPS) is 21.3. The third kappa shape index (κ3) is 3.13. The van der Waals surface area contributed by atoms with E-state index in [1.165, 1.54) is 0 Å². The first-order valence-electron chi connectivity index (χ1n) is 8.71. The molecule has 26 heavy (non-hydrogen) atoms. The van der Waals surface area contributed by atoms with Crippen LogP contribution in [0.5, 0.6) is 11.5 Å². The fraction of sp³-hybridized carbons (Fsp3) is 0.350. The maximum Gasteiger partial charge on any atom is 0.240 e. The smallest absolute Gasteiger partial charge is 0.240 e. The Hall–Kier alpha value is -2.24. The first-order valence-corrected chi connectivity index (χ1v) is 9.09. The van der Waals surface area contributed by atoms with Gasteiger partial charge in [0, 0.05) is 24.7 Å². The Morgan fingerprint density at radius 1 is 1.23 bits per heavy atom. The first-order chi connectivity index (χ1) is 12.6. The Morgan fingerprint density at radius 3 is 2.81 bits per heavy atom. The molecule has 5 nitrogen and oxygen atoms in total. The molecule has 1 unspecified atom stereocenters. The van der Waals surface area contributed by atoms with Crippen LogP contribution in [0.25, 0.3) is 0 Å². The van der Waals surface area contributed by atoms with Gasteiger partial charge >= 0.3 is 0 Å². The molecule has 0 aliphatic carbocycles. The van der Waals surface area contributed by atoms with Crippen molar-refractivity contribution in [3.63, 3.8) is 0 Å². The van der Waals surface area contributed by atoms with Crippen molar-refractivity contribution < 1.29 is 14.3 Å². The number of benzene rings is 2. The van der Waals surface area contributed by atoms with E-state index in [-0.39, 0.29) is 12.7 Å². The fourth-order valence-corrected chi connectivity index (χ4v) is 3.57. The van der Waals surface area contributed by atoms with Crippen LogP contribution in [-0.2, 0) is 17.9 Å². The number of hydrogen-bond donors (Lipinski definition) is 1. The van der Waals surface area contributed by atoms with Gasteiger partial charge in [-0.15, -0.1) is 0 Å². The summed E-state index contributed by atoms with van der Waals surface area (Å²) in [5.41, 5.74) is 1.53. The fourth-order valence-electron chi connectivity index (χ4n) is 3.37. The average Bonchev–Trinajstić information content (AvgIpc) is 3.11. The molecule has 1 fully saturated rings. The molecule has 1 amide bonds. The number of carbonyl (C=O) groups excluding carboxylic acids is 1. The number of halogens is 1. The lowest BCUT2D eigenvalue weighted by molar-refractivity contribution is -0.142. The van der Waals surface area contributed by atoms with Gasteiger partial charge in [-0.25, -0.2) is 0 Å². The van der Waals surface area contributed by atoms with Gasteiger partial charge in [0.25, 0.3) is 0 Å². The quantitative estimate of drug-likeness (QED) is 0.874. The SMILES string of the molecule is CC1(C(=O)NCc2ccc3c(c2)OCO3)CCN1Cc1ccccc1Cl. The maximum absolute atomic E-state index is 12.8. The molecule has 2 heterocycles. The second-order valence-electron chi connectivity index (χ2n) is 6.91. The minimum absolute atomic E-state index is 0.0356. The number of nitrogens with zero attached hydrogens (tertiary/aromatic N) is 1. The number of nitrogens with one attached hydrogen (secondary N) is 1. The Kier molecular flexibility index (Phi) is 4.51. The minimum atomic E-state index is -0.504. The van der Waals surface area contributed by atoms with Crippen molar-refractivity contribution in [3.05, 3.63) is 58.6 Å². The molecule has 0 spiro atoms. The van der Waals surface area contributed by atoms with Crippen LogP contribution in [0.15, 0.2) is 42.5 Å². The molecule has 2 aromatic carbocycles. The largest absolute Gasteiger partial charge is 0.454 e. The molecule has 0 saturated carbocycles. The van der Waals surface area contributed by atoms with Crippen LogP contribution in [0.1, 0.15) is 24.5 Å². The number of likely N-dealkylation sites (tertiary alicyclic amines) is 1. The molecule has 1 N–H and O–H groups in total. The Labute approximate surface area is 157 Å². The van der Waals surface area contributed by atoms with Crippen molar-refractivity contribution in [3.8, 4) is 11.5 Å². The van der Waals surface area contributed by atoms with E-state index >= 15 is 0 Å². The van der Waals surface area contributed by atoms with E-state index in [0.29, 0.717) is 13.1 Å². The Balaban J connectivity index is 1.38. The van der Waals surface area contributed by atoms with Gasteiger partial charge in [-0.3, -0.25) is 9.69 Å². The van der Waals surface area contributed by atoms with Crippen LogP contribution in [-0.4, -0.2) is 29.7 Å². The highest BCUT2D eigenvalue weighted by molar-refractivity contribution is 6.31. The van der Waals surface area contributed by atoms with Gasteiger partial charge in [-0.1, -0.05) is 35.9 Å². The molecule has 1 atom stereocenters. The summed E-state index contributed by atoms with van der Waals surface area (Å²) in [6, 6.07) is 13.5. The first kappa shape index (κ1) is 17.2. The van der Waals surface area contributed by atoms with Crippen molar-refractivity contribution >= 4 is 17.5 Å². The van der Waals surface area contributed by atoms with Crippen molar-refractivity contribution in [2.75, 3.05) is 13.3 Å². The van der Waals surface area contributed by atoms with Crippen molar-refractivity contribution in [2.45, 2.75) is 32.0 Å². The highest BCUT2D eigenvalue weighted by atomic mass is 35.5. The van der Waals surface area contributed by atoms with Crippen LogP contribution in [0.2, 0.25) is 5.02 Å². The highest BCUT2D eigenvalue weighted by Crippen LogP contribution is 2.34. The summed E-state index contributed by atoms with van der Waals surface area (Å²) in [6.45, 7) is 4.26. The predicted octanol–water partition coefficient (Wildman–Crippen LogP) is 3.35. The number of fused-ring (bicyclic) bond motifs is 1. The molecule has 0 radical (unpaired) electrons. The van der Waals surface area contributed by atoms with Crippen LogP contribution < -0.4 is 14.8 Å². The number of rotatable bonds is 5. The lowest BCUT2D eigenvalue weighted by atomic mass is 9.85. The van der Waals surface area contributed by atoms with E-state index in [1.54, 1.807) is 0 Å². The second-order valence-corrected chi connectivity index (χ2v) is 7.31. The number of amides is 1. The van der Waals surface area contributed by atoms with Gasteiger partial charge in [-0.2, -0.15) is 0 Å². The van der Waals surface area contributed by atoms with Crippen molar-refractivity contribution in [2.24, 2.45) is 0 Å². The van der Waals surface area contributed by atoms with Crippen LogP contribution in [0.3, 0.4) is 0 Å². The van der Waals surface area contributed by atoms with Gasteiger partial charge < -0.3 is 14.8 Å². The summed E-state index contributed by atoms with van der Waals surface area (Å²) in [5, 5.41) is 3.79. The van der Waals surface area contributed by atoms with Gasteiger partial charge in [-0.05, 0) is 42.7 Å².